The molecular weight excluding hydrogens is 288 g/mol. The van der Waals surface area contributed by atoms with E-state index < -0.39 is 0 Å². The van der Waals surface area contributed by atoms with E-state index in [0.29, 0.717) is 17.1 Å². The zero-order chi connectivity index (χ0) is 15.4. The fraction of sp³-hybridized carbons (Fsp3) is 0.462. The van der Waals surface area contributed by atoms with Gasteiger partial charge in [-0.05, 0) is 38.4 Å². The van der Waals surface area contributed by atoms with Gasteiger partial charge in [0, 0.05) is 24.5 Å². The number of aromatic nitrogens is 3. The fourth-order valence-corrected chi connectivity index (χ4v) is 2.74. The Balaban J connectivity index is 2.08. The van der Waals surface area contributed by atoms with Crippen LogP contribution in [0.2, 0.25) is 0 Å². The minimum Gasteiger partial charge on any atom is -0.382 e. The Morgan fingerprint density at radius 3 is 2.86 bits per heavy atom. The standard InChI is InChI=1S/C13H20N6OS/c1-8(2)16-12(20)10-11(14)18-21-13(10)17-9(3)7-19-6-4-5-15-19/h4-6,8-9,17H,7H2,1-3H3,(H2,14,18)(H,16,20). The molecule has 0 aliphatic rings. The molecule has 21 heavy (non-hydrogen) atoms. The maximum absolute atomic E-state index is 12.2. The molecule has 2 aromatic rings. The molecule has 0 saturated carbocycles. The molecule has 2 heterocycles. The largest absolute Gasteiger partial charge is 0.382 e. The van der Waals surface area contributed by atoms with Crippen molar-refractivity contribution in [2.24, 2.45) is 0 Å². The van der Waals surface area contributed by atoms with Crippen molar-refractivity contribution >= 4 is 28.3 Å². The Morgan fingerprint density at radius 1 is 1.48 bits per heavy atom. The summed E-state index contributed by atoms with van der Waals surface area (Å²) in [4.78, 5) is 12.2. The molecule has 0 fully saturated rings. The van der Waals surface area contributed by atoms with Crippen molar-refractivity contribution in [3.05, 3.63) is 24.0 Å². The van der Waals surface area contributed by atoms with Crippen molar-refractivity contribution in [3.8, 4) is 0 Å². The first-order valence-corrected chi connectivity index (χ1v) is 7.54. The van der Waals surface area contributed by atoms with Crippen LogP contribution in [0.3, 0.4) is 0 Å². The van der Waals surface area contributed by atoms with E-state index >= 15 is 0 Å². The van der Waals surface area contributed by atoms with Gasteiger partial charge in [-0.25, -0.2) is 0 Å². The summed E-state index contributed by atoms with van der Waals surface area (Å²) in [5, 5.41) is 11.0. The van der Waals surface area contributed by atoms with E-state index in [2.05, 4.69) is 20.1 Å². The predicted octanol–water partition coefficient (Wildman–Crippen LogP) is 1.56. The third-order valence-corrected chi connectivity index (χ3v) is 3.56. The zero-order valence-corrected chi connectivity index (χ0v) is 13.1. The van der Waals surface area contributed by atoms with Gasteiger partial charge in [0.05, 0.1) is 6.54 Å². The predicted molar refractivity (Wildman–Crippen MR) is 84.4 cm³/mol. The number of nitrogens with one attached hydrogen (secondary N) is 2. The van der Waals surface area contributed by atoms with Crippen LogP contribution in [0.25, 0.3) is 0 Å². The molecular formula is C13H20N6OS. The molecule has 0 spiro atoms. The quantitative estimate of drug-likeness (QED) is 0.752. The monoisotopic (exact) mass is 308 g/mol. The number of anilines is 2. The summed E-state index contributed by atoms with van der Waals surface area (Å²) < 4.78 is 5.90. The number of hydrogen-bond acceptors (Lipinski definition) is 6. The lowest BCUT2D eigenvalue weighted by molar-refractivity contribution is 0.0945. The normalized spacial score (nSPS) is 12.4. The third kappa shape index (κ3) is 3.94. The Hall–Kier alpha value is -2.09. The van der Waals surface area contributed by atoms with Gasteiger partial charge in [-0.2, -0.15) is 9.47 Å². The summed E-state index contributed by atoms with van der Waals surface area (Å²) in [6.45, 7) is 6.51. The summed E-state index contributed by atoms with van der Waals surface area (Å²) in [7, 11) is 0. The van der Waals surface area contributed by atoms with Gasteiger partial charge in [0.1, 0.15) is 10.6 Å². The van der Waals surface area contributed by atoms with Crippen molar-refractivity contribution in [2.45, 2.75) is 39.4 Å². The fourth-order valence-electron chi connectivity index (χ4n) is 1.91. The van der Waals surface area contributed by atoms with Gasteiger partial charge in [0.15, 0.2) is 5.82 Å². The van der Waals surface area contributed by atoms with Crippen LogP contribution in [0.1, 0.15) is 31.1 Å². The van der Waals surface area contributed by atoms with E-state index in [4.69, 9.17) is 5.73 Å². The second-order valence-corrected chi connectivity index (χ2v) is 5.95. The summed E-state index contributed by atoms with van der Waals surface area (Å²) in [5.74, 6) is 0.0528. The number of amides is 1. The van der Waals surface area contributed by atoms with Gasteiger partial charge in [-0.3, -0.25) is 9.48 Å². The number of hydrogen-bond donors (Lipinski definition) is 3. The van der Waals surface area contributed by atoms with E-state index in [1.807, 2.05) is 37.7 Å². The highest BCUT2D eigenvalue weighted by atomic mass is 32.1. The minimum absolute atomic E-state index is 0.0474. The van der Waals surface area contributed by atoms with E-state index in [9.17, 15) is 4.79 Å². The Labute approximate surface area is 127 Å². The van der Waals surface area contributed by atoms with E-state index in [0.717, 1.165) is 0 Å². The maximum atomic E-state index is 12.2. The Kier molecular flexibility index (Phi) is 4.79. The first-order chi connectivity index (χ1) is 9.97. The van der Waals surface area contributed by atoms with Crippen LogP contribution in [0, 0.1) is 0 Å². The number of nitrogen functional groups attached to an aromatic ring is 1. The lowest BCUT2D eigenvalue weighted by Crippen LogP contribution is -2.31. The van der Waals surface area contributed by atoms with Gasteiger partial charge in [-0.15, -0.1) is 0 Å². The topological polar surface area (TPSA) is 97.9 Å². The molecule has 0 aliphatic carbocycles. The summed E-state index contributed by atoms with van der Waals surface area (Å²) in [6, 6.07) is 2.01. The molecule has 8 heteroatoms. The highest BCUT2D eigenvalue weighted by Gasteiger charge is 2.21. The average molecular weight is 308 g/mol. The number of nitrogens with two attached hydrogens (primary N) is 1. The first kappa shape index (κ1) is 15.3. The molecule has 1 unspecified atom stereocenters. The van der Waals surface area contributed by atoms with Crippen molar-refractivity contribution in [2.75, 3.05) is 11.1 Å². The molecule has 2 aromatic heterocycles. The summed E-state index contributed by atoms with van der Waals surface area (Å²) in [6.07, 6.45) is 3.63. The lowest BCUT2D eigenvalue weighted by Gasteiger charge is -2.15. The molecule has 114 valence electrons. The SMILES string of the molecule is CC(C)NC(=O)c1c(N)nsc1NC(C)Cn1cccn1. The number of carbonyl (C=O) groups excluding carboxylic acids is 1. The van der Waals surface area contributed by atoms with Crippen LogP contribution in [0.4, 0.5) is 10.8 Å². The number of nitrogens with zero attached hydrogens (tertiary/aromatic N) is 3. The van der Waals surface area contributed by atoms with Gasteiger partial charge >= 0.3 is 0 Å². The summed E-state index contributed by atoms with van der Waals surface area (Å²) >= 11 is 1.20. The van der Waals surface area contributed by atoms with Gasteiger partial charge < -0.3 is 16.4 Å². The highest BCUT2D eigenvalue weighted by Crippen LogP contribution is 2.27. The first-order valence-electron chi connectivity index (χ1n) is 6.77. The van der Waals surface area contributed by atoms with Crippen LogP contribution < -0.4 is 16.4 Å². The number of carbonyl (C=O) groups is 1. The molecule has 1 atom stereocenters. The third-order valence-electron chi connectivity index (χ3n) is 2.76. The molecule has 0 radical (unpaired) electrons. The maximum Gasteiger partial charge on any atom is 0.258 e. The lowest BCUT2D eigenvalue weighted by atomic mass is 10.2. The van der Waals surface area contributed by atoms with Crippen molar-refractivity contribution in [3.63, 3.8) is 0 Å². The number of rotatable bonds is 6. The van der Waals surface area contributed by atoms with E-state index in [1.54, 1.807) is 6.20 Å². The van der Waals surface area contributed by atoms with Crippen molar-refractivity contribution in [1.29, 1.82) is 0 Å². The molecule has 2 rings (SSSR count). The minimum atomic E-state index is -0.204. The van der Waals surface area contributed by atoms with Crippen molar-refractivity contribution in [1.82, 2.24) is 19.5 Å². The second kappa shape index (κ2) is 6.57. The molecule has 0 aliphatic heterocycles. The van der Waals surface area contributed by atoms with E-state index in [-0.39, 0.29) is 23.8 Å². The van der Waals surface area contributed by atoms with Gasteiger partial charge in [0.2, 0.25) is 0 Å². The molecule has 0 bridgehead atoms. The molecule has 1 amide bonds. The molecule has 7 nitrogen and oxygen atoms in total. The smallest absolute Gasteiger partial charge is 0.258 e. The molecule has 0 saturated heterocycles. The molecule has 4 N–H and O–H groups in total. The highest BCUT2D eigenvalue weighted by molar-refractivity contribution is 7.11. The second-order valence-electron chi connectivity index (χ2n) is 5.17. The van der Waals surface area contributed by atoms with Crippen molar-refractivity contribution < 1.29 is 4.79 Å². The van der Waals surface area contributed by atoms with Crippen LogP contribution in [0.5, 0.6) is 0 Å². The van der Waals surface area contributed by atoms with Crippen LogP contribution in [-0.2, 0) is 6.54 Å². The van der Waals surface area contributed by atoms with Gasteiger partial charge in [0.25, 0.3) is 5.91 Å². The van der Waals surface area contributed by atoms with Crippen LogP contribution >= 0.6 is 11.5 Å². The zero-order valence-electron chi connectivity index (χ0n) is 12.3. The Morgan fingerprint density at radius 2 is 2.24 bits per heavy atom. The van der Waals surface area contributed by atoms with E-state index in [1.165, 1.54) is 11.5 Å². The summed E-state index contributed by atoms with van der Waals surface area (Å²) in [5.41, 5.74) is 6.23. The Bertz CT molecular complexity index is 592. The molecule has 0 aromatic carbocycles. The average Bonchev–Trinajstić information content (AvgIpc) is 2.98. The van der Waals surface area contributed by atoms with Crippen LogP contribution in [0.15, 0.2) is 18.5 Å². The van der Waals surface area contributed by atoms with Crippen LogP contribution in [-0.4, -0.2) is 32.1 Å². The van der Waals surface area contributed by atoms with Gasteiger partial charge in [-0.1, -0.05) is 0 Å².